The van der Waals surface area contributed by atoms with Gasteiger partial charge in [0.05, 0.1) is 6.54 Å². The molecular formula is C21H26N4O2. The summed E-state index contributed by atoms with van der Waals surface area (Å²) in [6, 6.07) is 9.22. The van der Waals surface area contributed by atoms with Crippen molar-refractivity contribution in [3.05, 3.63) is 59.4 Å². The van der Waals surface area contributed by atoms with Gasteiger partial charge in [0.1, 0.15) is 0 Å². The van der Waals surface area contributed by atoms with Crippen LogP contribution in [-0.4, -0.2) is 59.2 Å². The molecule has 3 rings (SSSR count). The number of hydrogen-bond donors (Lipinski definition) is 1. The van der Waals surface area contributed by atoms with E-state index in [4.69, 9.17) is 0 Å². The lowest BCUT2D eigenvalue weighted by Gasteiger charge is -2.34. The third-order valence-electron chi connectivity index (χ3n) is 4.72. The number of Topliss-reactive ketones (excluding diaryl/α,β-unsaturated/α-hetero) is 1. The van der Waals surface area contributed by atoms with E-state index in [0.717, 1.165) is 32.7 Å². The molecular weight excluding hydrogens is 340 g/mol. The maximum Gasteiger partial charge on any atom is 0.238 e. The van der Waals surface area contributed by atoms with Gasteiger partial charge in [-0.05, 0) is 37.1 Å². The normalized spacial score (nSPS) is 15.5. The zero-order chi connectivity index (χ0) is 19.2. The van der Waals surface area contributed by atoms with Gasteiger partial charge in [0, 0.05) is 56.4 Å². The Morgan fingerprint density at radius 2 is 1.81 bits per heavy atom. The molecule has 1 fully saturated rings. The number of nitrogens with zero attached hydrogens (tertiary/aromatic N) is 3. The van der Waals surface area contributed by atoms with Crippen molar-refractivity contribution in [1.29, 1.82) is 0 Å². The van der Waals surface area contributed by atoms with Crippen molar-refractivity contribution in [2.45, 2.75) is 20.4 Å². The molecule has 1 amide bonds. The molecule has 0 radical (unpaired) electrons. The van der Waals surface area contributed by atoms with Crippen molar-refractivity contribution in [3.8, 4) is 0 Å². The Morgan fingerprint density at radius 1 is 1.07 bits per heavy atom. The van der Waals surface area contributed by atoms with Crippen LogP contribution in [0.2, 0.25) is 0 Å². The molecule has 0 saturated carbocycles. The SMILES string of the molecule is CC(=O)c1cccc(NC(=O)CN2CCN(Cc3cncc(C)c3)CC2)c1. The number of carbonyl (C=O) groups is 2. The van der Waals surface area contributed by atoms with Crippen LogP contribution in [0.25, 0.3) is 0 Å². The van der Waals surface area contributed by atoms with Gasteiger partial charge in [-0.3, -0.25) is 24.4 Å². The summed E-state index contributed by atoms with van der Waals surface area (Å²) in [5.74, 6) is -0.0573. The van der Waals surface area contributed by atoms with E-state index in [2.05, 4.69) is 33.1 Å². The summed E-state index contributed by atoms with van der Waals surface area (Å²) in [6.07, 6.45) is 3.79. The second-order valence-electron chi connectivity index (χ2n) is 7.11. The molecule has 0 aliphatic carbocycles. The quantitative estimate of drug-likeness (QED) is 0.795. The maximum absolute atomic E-state index is 12.3. The number of aryl methyl sites for hydroxylation is 1. The van der Waals surface area contributed by atoms with E-state index in [9.17, 15) is 9.59 Å². The van der Waals surface area contributed by atoms with Crippen molar-refractivity contribution < 1.29 is 9.59 Å². The van der Waals surface area contributed by atoms with Gasteiger partial charge in [-0.2, -0.15) is 0 Å². The number of hydrogen-bond acceptors (Lipinski definition) is 5. The number of anilines is 1. The standard InChI is InChI=1S/C21H26N4O2/c1-16-10-18(13-22-12-16)14-24-6-8-25(9-7-24)15-21(27)23-20-5-3-4-19(11-20)17(2)26/h3-5,10-13H,6-9,14-15H2,1-2H3,(H,23,27). The molecule has 6 nitrogen and oxygen atoms in total. The summed E-state index contributed by atoms with van der Waals surface area (Å²) < 4.78 is 0. The van der Waals surface area contributed by atoms with Gasteiger partial charge in [0.25, 0.3) is 0 Å². The average molecular weight is 366 g/mol. The van der Waals surface area contributed by atoms with Crippen LogP contribution in [0.5, 0.6) is 0 Å². The van der Waals surface area contributed by atoms with Crippen molar-refractivity contribution in [3.63, 3.8) is 0 Å². The van der Waals surface area contributed by atoms with Crippen LogP contribution < -0.4 is 5.32 Å². The van der Waals surface area contributed by atoms with E-state index in [1.54, 1.807) is 24.3 Å². The Kier molecular flexibility index (Phi) is 6.32. The van der Waals surface area contributed by atoms with Crippen LogP contribution >= 0.6 is 0 Å². The highest BCUT2D eigenvalue weighted by molar-refractivity contribution is 5.97. The van der Waals surface area contributed by atoms with Crippen LogP contribution in [0.1, 0.15) is 28.4 Å². The first-order valence-electron chi connectivity index (χ1n) is 9.26. The highest BCUT2D eigenvalue weighted by Crippen LogP contribution is 2.12. The van der Waals surface area contributed by atoms with Crippen molar-refractivity contribution >= 4 is 17.4 Å². The third kappa shape index (κ3) is 5.70. The van der Waals surface area contributed by atoms with Crippen LogP contribution in [0.15, 0.2) is 42.7 Å². The molecule has 1 aliphatic rings. The molecule has 6 heteroatoms. The van der Waals surface area contributed by atoms with Gasteiger partial charge >= 0.3 is 0 Å². The van der Waals surface area contributed by atoms with Gasteiger partial charge in [0.2, 0.25) is 5.91 Å². The highest BCUT2D eigenvalue weighted by atomic mass is 16.2. The minimum Gasteiger partial charge on any atom is -0.325 e. The van der Waals surface area contributed by atoms with Crippen molar-refractivity contribution in [1.82, 2.24) is 14.8 Å². The molecule has 142 valence electrons. The first-order chi connectivity index (χ1) is 13.0. The Hall–Kier alpha value is -2.57. The summed E-state index contributed by atoms with van der Waals surface area (Å²) in [6.45, 7) is 8.42. The molecule has 0 spiro atoms. The van der Waals surface area contributed by atoms with E-state index >= 15 is 0 Å². The van der Waals surface area contributed by atoms with Gasteiger partial charge < -0.3 is 5.32 Å². The smallest absolute Gasteiger partial charge is 0.238 e. The van der Waals surface area contributed by atoms with Crippen LogP contribution in [0, 0.1) is 6.92 Å². The van der Waals surface area contributed by atoms with E-state index in [1.807, 2.05) is 12.4 Å². The Bertz CT molecular complexity index is 813. The summed E-state index contributed by atoms with van der Waals surface area (Å²) in [5.41, 5.74) is 3.67. The van der Waals surface area contributed by atoms with Gasteiger partial charge in [-0.25, -0.2) is 0 Å². The Labute approximate surface area is 160 Å². The molecule has 2 heterocycles. The number of benzene rings is 1. The summed E-state index contributed by atoms with van der Waals surface area (Å²) in [7, 11) is 0. The van der Waals surface area contributed by atoms with E-state index in [-0.39, 0.29) is 11.7 Å². The second kappa shape index (κ2) is 8.88. The van der Waals surface area contributed by atoms with Crippen LogP contribution in [0.4, 0.5) is 5.69 Å². The number of pyridine rings is 1. The summed E-state index contributed by atoms with van der Waals surface area (Å²) >= 11 is 0. The molecule has 0 atom stereocenters. The molecule has 1 aliphatic heterocycles. The molecule has 1 aromatic carbocycles. The Morgan fingerprint density at radius 3 is 2.52 bits per heavy atom. The van der Waals surface area contributed by atoms with Crippen molar-refractivity contribution in [2.75, 3.05) is 38.0 Å². The third-order valence-corrected chi connectivity index (χ3v) is 4.72. The number of aromatic nitrogens is 1. The molecule has 0 bridgehead atoms. The number of ketones is 1. The molecule has 2 aromatic rings. The first-order valence-corrected chi connectivity index (χ1v) is 9.26. The zero-order valence-corrected chi connectivity index (χ0v) is 15.9. The zero-order valence-electron chi connectivity index (χ0n) is 15.9. The van der Waals surface area contributed by atoms with E-state index in [0.29, 0.717) is 17.8 Å². The predicted octanol–water partition coefficient (Wildman–Crippen LogP) is 2.35. The second-order valence-corrected chi connectivity index (χ2v) is 7.11. The minimum atomic E-state index is -0.0490. The monoisotopic (exact) mass is 366 g/mol. The molecule has 1 aromatic heterocycles. The van der Waals surface area contributed by atoms with Crippen LogP contribution in [0.3, 0.4) is 0 Å². The highest BCUT2D eigenvalue weighted by Gasteiger charge is 2.19. The van der Waals surface area contributed by atoms with Gasteiger partial charge in [-0.15, -0.1) is 0 Å². The largest absolute Gasteiger partial charge is 0.325 e. The average Bonchev–Trinajstić information content (AvgIpc) is 2.63. The lowest BCUT2D eigenvalue weighted by molar-refractivity contribution is -0.117. The maximum atomic E-state index is 12.3. The fourth-order valence-corrected chi connectivity index (χ4v) is 3.29. The van der Waals surface area contributed by atoms with E-state index in [1.165, 1.54) is 18.1 Å². The molecule has 1 saturated heterocycles. The lowest BCUT2D eigenvalue weighted by Crippen LogP contribution is -2.48. The number of carbonyl (C=O) groups excluding carboxylic acids is 2. The van der Waals surface area contributed by atoms with Gasteiger partial charge in [-0.1, -0.05) is 18.2 Å². The fourth-order valence-electron chi connectivity index (χ4n) is 3.29. The van der Waals surface area contributed by atoms with E-state index < -0.39 is 0 Å². The molecule has 0 unspecified atom stereocenters. The predicted molar refractivity (Wildman–Crippen MR) is 106 cm³/mol. The summed E-state index contributed by atoms with van der Waals surface area (Å²) in [5, 5.41) is 2.89. The number of nitrogens with one attached hydrogen (secondary N) is 1. The molecule has 1 N–H and O–H groups in total. The van der Waals surface area contributed by atoms with Crippen LogP contribution in [-0.2, 0) is 11.3 Å². The number of piperazine rings is 1. The summed E-state index contributed by atoms with van der Waals surface area (Å²) in [4.78, 5) is 32.6. The minimum absolute atomic E-state index is 0.00830. The van der Waals surface area contributed by atoms with Crippen molar-refractivity contribution in [2.24, 2.45) is 0 Å². The topological polar surface area (TPSA) is 65.5 Å². The van der Waals surface area contributed by atoms with Gasteiger partial charge in [0.15, 0.2) is 5.78 Å². The lowest BCUT2D eigenvalue weighted by atomic mass is 10.1. The molecule has 27 heavy (non-hydrogen) atoms. The number of rotatable bonds is 6. The Balaban J connectivity index is 1.45. The number of amides is 1. The fraction of sp³-hybridized carbons (Fsp3) is 0.381. The first kappa shape index (κ1) is 19.2.